The number of sulfone groups is 1. The second-order valence-electron chi connectivity index (χ2n) is 8.27. The van der Waals surface area contributed by atoms with E-state index >= 15 is 0 Å². The van der Waals surface area contributed by atoms with Crippen LogP contribution in [0.2, 0.25) is 0 Å². The Morgan fingerprint density at radius 3 is 2.64 bits per heavy atom. The number of hydrogen-bond acceptors (Lipinski definition) is 6. The van der Waals surface area contributed by atoms with Crippen LogP contribution in [0.3, 0.4) is 0 Å². The normalized spacial score (nSPS) is 23.0. The number of likely N-dealkylation sites (N-methyl/N-ethyl adjacent to an activating group) is 1. The lowest BCUT2D eigenvalue weighted by Gasteiger charge is -2.24. The smallest absolute Gasteiger partial charge is 0.235 e. The molecule has 3 rings (SSSR count). The molecule has 1 aliphatic carbocycles. The Morgan fingerprint density at radius 2 is 2.07 bits per heavy atom. The van der Waals surface area contributed by atoms with Crippen molar-refractivity contribution in [2.75, 3.05) is 25.1 Å². The zero-order valence-corrected chi connectivity index (χ0v) is 17.7. The van der Waals surface area contributed by atoms with Crippen LogP contribution in [0, 0.1) is 25.2 Å². The van der Waals surface area contributed by atoms with E-state index in [9.17, 15) is 18.5 Å². The Kier molecular flexibility index (Phi) is 5.82. The minimum absolute atomic E-state index is 0.107. The van der Waals surface area contributed by atoms with Crippen LogP contribution in [0.4, 0.5) is 0 Å². The molecule has 2 heterocycles. The van der Waals surface area contributed by atoms with E-state index in [-0.39, 0.29) is 30.0 Å². The topological polar surface area (TPSA) is 108 Å². The second kappa shape index (κ2) is 7.84. The lowest BCUT2D eigenvalue weighted by Crippen LogP contribution is -2.48. The Morgan fingerprint density at radius 1 is 1.39 bits per heavy atom. The van der Waals surface area contributed by atoms with Crippen LogP contribution in [0.25, 0.3) is 0 Å². The molecule has 1 aromatic heterocycles. The first-order chi connectivity index (χ1) is 13.1. The molecule has 1 saturated heterocycles. The van der Waals surface area contributed by atoms with Crippen LogP contribution in [0.5, 0.6) is 0 Å². The zero-order chi connectivity index (χ0) is 20.5. The van der Waals surface area contributed by atoms with E-state index in [1.807, 2.05) is 30.5 Å². The summed E-state index contributed by atoms with van der Waals surface area (Å²) in [5.41, 5.74) is 2.13. The average molecular weight is 408 g/mol. The monoisotopic (exact) mass is 407 g/mol. The Labute approximate surface area is 166 Å². The molecule has 8 nitrogen and oxygen atoms in total. The number of aryl methyl sites for hydroxylation is 1. The van der Waals surface area contributed by atoms with Gasteiger partial charge in [0, 0.05) is 17.8 Å². The van der Waals surface area contributed by atoms with Gasteiger partial charge in [-0.2, -0.15) is 10.4 Å². The van der Waals surface area contributed by atoms with E-state index in [1.165, 1.54) is 0 Å². The number of amides is 1. The van der Waals surface area contributed by atoms with Gasteiger partial charge in [-0.15, -0.1) is 0 Å². The third-order valence-corrected chi connectivity index (χ3v) is 7.67. The summed E-state index contributed by atoms with van der Waals surface area (Å²) in [7, 11) is -1.11. The number of carbonyl (C=O) groups excluding carboxylic acids is 1. The predicted molar refractivity (Wildman–Crippen MR) is 105 cm³/mol. The summed E-state index contributed by atoms with van der Waals surface area (Å²) in [6.07, 6.45) is 3.97. The predicted octanol–water partition coefficient (Wildman–Crippen LogP) is 1.24. The van der Waals surface area contributed by atoms with E-state index in [4.69, 9.17) is 0 Å². The minimum Gasteiger partial charge on any atom is -0.337 e. The third kappa shape index (κ3) is 4.39. The molecule has 0 unspecified atom stereocenters. The largest absolute Gasteiger partial charge is 0.337 e. The highest BCUT2D eigenvalue weighted by atomic mass is 32.2. The van der Waals surface area contributed by atoms with Crippen LogP contribution < -0.4 is 5.32 Å². The van der Waals surface area contributed by atoms with Gasteiger partial charge in [-0.05, 0) is 53.0 Å². The van der Waals surface area contributed by atoms with Crippen LogP contribution in [-0.2, 0) is 21.2 Å². The van der Waals surface area contributed by atoms with E-state index < -0.39 is 15.4 Å². The molecular formula is C19H29N5O3S. The van der Waals surface area contributed by atoms with Crippen molar-refractivity contribution in [1.29, 1.82) is 5.26 Å². The fourth-order valence-corrected chi connectivity index (χ4v) is 6.06. The minimum atomic E-state index is -2.97. The Bertz CT molecular complexity index is 893. The SMILES string of the molecule is Cc1nn([C@H]2CCS(=O)(=O)C2)c(C)c1CN(C)CC(=O)NC1(C#N)CCCC1. The van der Waals surface area contributed by atoms with E-state index in [2.05, 4.69) is 16.5 Å². The molecule has 0 bridgehead atoms. The molecule has 2 aliphatic rings. The Balaban J connectivity index is 1.63. The highest BCUT2D eigenvalue weighted by Gasteiger charge is 2.35. The number of nitrogens with one attached hydrogen (secondary N) is 1. The van der Waals surface area contributed by atoms with Gasteiger partial charge in [0.25, 0.3) is 0 Å². The molecule has 2 fully saturated rings. The van der Waals surface area contributed by atoms with Crippen LogP contribution in [0.15, 0.2) is 0 Å². The summed E-state index contributed by atoms with van der Waals surface area (Å²) in [6, 6.07) is 2.17. The van der Waals surface area contributed by atoms with Crippen LogP contribution in [0.1, 0.15) is 55.1 Å². The van der Waals surface area contributed by atoms with Crippen LogP contribution >= 0.6 is 0 Å². The van der Waals surface area contributed by atoms with E-state index in [1.54, 1.807) is 0 Å². The summed E-state index contributed by atoms with van der Waals surface area (Å²) in [4.78, 5) is 14.3. The fraction of sp³-hybridized carbons (Fsp3) is 0.737. The zero-order valence-electron chi connectivity index (χ0n) is 16.9. The molecule has 1 atom stereocenters. The van der Waals surface area contributed by atoms with Crippen LogP contribution in [-0.4, -0.2) is 59.6 Å². The van der Waals surface area contributed by atoms with Gasteiger partial charge in [-0.1, -0.05) is 0 Å². The average Bonchev–Trinajstić information content (AvgIpc) is 3.29. The van der Waals surface area contributed by atoms with Crippen molar-refractivity contribution in [2.24, 2.45) is 0 Å². The molecule has 1 aliphatic heterocycles. The van der Waals surface area contributed by atoms with Crippen molar-refractivity contribution in [3.05, 3.63) is 17.0 Å². The van der Waals surface area contributed by atoms with Crippen molar-refractivity contribution >= 4 is 15.7 Å². The molecule has 0 aromatic carbocycles. The molecular weight excluding hydrogens is 378 g/mol. The summed E-state index contributed by atoms with van der Waals surface area (Å²) in [5, 5.41) is 16.9. The van der Waals surface area contributed by atoms with Gasteiger partial charge in [0.1, 0.15) is 5.54 Å². The molecule has 28 heavy (non-hydrogen) atoms. The summed E-state index contributed by atoms with van der Waals surface area (Å²) < 4.78 is 25.4. The van der Waals surface area contributed by atoms with Crippen molar-refractivity contribution in [3.63, 3.8) is 0 Å². The van der Waals surface area contributed by atoms with Gasteiger partial charge in [-0.25, -0.2) is 8.42 Å². The van der Waals surface area contributed by atoms with Gasteiger partial charge in [0.15, 0.2) is 9.84 Å². The number of aromatic nitrogens is 2. The molecule has 1 saturated carbocycles. The van der Waals surface area contributed by atoms with Crippen molar-refractivity contribution in [2.45, 2.75) is 64.1 Å². The Hall–Kier alpha value is -1.92. The van der Waals surface area contributed by atoms with Gasteiger partial charge < -0.3 is 5.32 Å². The number of carbonyl (C=O) groups is 1. The maximum Gasteiger partial charge on any atom is 0.235 e. The van der Waals surface area contributed by atoms with Gasteiger partial charge in [0.2, 0.25) is 5.91 Å². The highest BCUT2D eigenvalue weighted by molar-refractivity contribution is 7.91. The quantitative estimate of drug-likeness (QED) is 0.760. The molecule has 1 amide bonds. The standard InChI is InChI=1S/C19H29N5O3S/c1-14-17(15(2)24(22-14)16-6-9-28(26,27)12-16)10-23(3)11-18(25)21-19(13-20)7-4-5-8-19/h16H,4-12H2,1-3H3,(H,21,25)/t16-/m0/s1. The number of hydrogen-bond donors (Lipinski definition) is 1. The lowest BCUT2D eigenvalue weighted by molar-refractivity contribution is -0.123. The van der Waals surface area contributed by atoms with Crippen molar-refractivity contribution < 1.29 is 13.2 Å². The maximum absolute atomic E-state index is 12.4. The number of rotatable bonds is 6. The molecule has 1 aromatic rings. The molecule has 0 spiro atoms. The first kappa shape index (κ1) is 20.8. The maximum atomic E-state index is 12.4. The molecule has 0 radical (unpaired) electrons. The molecule has 1 N–H and O–H groups in total. The summed E-state index contributed by atoms with van der Waals surface area (Å²) in [6.45, 7) is 4.62. The third-order valence-electron chi connectivity index (χ3n) is 5.92. The molecule has 154 valence electrons. The first-order valence-corrected chi connectivity index (χ1v) is 11.6. The van der Waals surface area contributed by atoms with E-state index in [0.29, 0.717) is 25.8 Å². The lowest BCUT2D eigenvalue weighted by atomic mass is 10.00. The molecule has 9 heteroatoms. The highest BCUT2D eigenvalue weighted by Crippen LogP contribution is 2.29. The van der Waals surface area contributed by atoms with Gasteiger partial charge in [-0.3, -0.25) is 14.4 Å². The van der Waals surface area contributed by atoms with E-state index in [0.717, 1.165) is 29.8 Å². The van der Waals surface area contributed by atoms with Gasteiger partial charge >= 0.3 is 0 Å². The number of nitrogens with zero attached hydrogens (tertiary/aromatic N) is 4. The summed E-state index contributed by atoms with van der Waals surface area (Å²) >= 11 is 0. The fourth-order valence-electron chi connectivity index (χ4n) is 4.37. The first-order valence-electron chi connectivity index (χ1n) is 9.80. The second-order valence-corrected chi connectivity index (χ2v) is 10.5. The van der Waals surface area contributed by atoms with Crippen molar-refractivity contribution in [1.82, 2.24) is 20.0 Å². The van der Waals surface area contributed by atoms with Crippen molar-refractivity contribution in [3.8, 4) is 6.07 Å². The van der Waals surface area contributed by atoms with Gasteiger partial charge in [0.05, 0.1) is 35.9 Å². The number of nitriles is 1. The summed E-state index contributed by atoms with van der Waals surface area (Å²) in [5.74, 6) is 0.213.